The molecule has 1 unspecified atom stereocenters. The van der Waals surface area contributed by atoms with Gasteiger partial charge in [-0.3, -0.25) is 4.79 Å². The van der Waals surface area contributed by atoms with E-state index in [2.05, 4.69) is 38.8 Å². The normalized spacial score (nSPS) is 28.9. The number of para-hydroxylation sites is 2. The second-order valence-corrected chi connectivity index (χ2v) is 10.4. The van der Waals surface area contributed by atoms with E-state index in [-0.39, 0.29) is 30.7 Å². The molecule has 3 aliphatic rings. The molecule has 8 rings (SSSR count). The summed E-state index contributed by atoms with van der Waals surface area (Å²) in [7, 11) is 1.93. The summed E-state index contributed by atoms with van der Waals surface area (Å²) in [6, 6.07) is 16.2. The molecule has 3 aromatic carbocycles. The van der Waals surface area contributed by atoms with Crippen LogP contribution in [-0.2, 0) is 10.5 Å². The van der Waals surface area contributed by atoms with Crippen molar-refractivity contribution in [3.8, 4) is 0 Å². The minimum Gasteiger partial charge on any atom is -0.396 e. The number of ether oxygens (including phenoxy) is 1. The zero-order valence-electron chi connectivity index (χ0n) is 19.9. The van der Waals surface area contributed by atoms with Gasteiger partial charge in [-0.25, -0.2) is 0 Å². The maximum Gasteiger partial charge on any atom is 0.254 e. The number of rotatable bonds is 2. The Labute approximate surface area is 206 Å². The number of hydrogen-bond donors (Lipinski definition) is 4. The molecule has 8 heteroatoms. The van der Waals surface area contributed by atoms with Crippen LogP contribution in [0.1, 0.15) is 41.7 Å². The number of hydrogen-bond acceptors (Lipinski definition) is 5. The van der Waals surface area contributed by atoms with Crippen molar-refractivity contribution in [1.29, 1.82) is 0 Å². The lowest BCUT2D eigenvalue weighted by atomic mass is 9.84. The molecule has 1 saturated heterocycles. The smallest absolute Gasteiger partial charge is 0.254 e. The maximum atomic E-state index is 13.4. The number of amides is 1. The average molecular weight is 483 g/mol. The zero-order chi connectivity index (χ0) is 24.5. The predicted molar refractivity (Wildman–Crippen MR) is 137 cm³/mol. The Balaban J connectivity index is 1.73. The van der Waals surface area contributed by atoms with Crippen LogP contribution in [0.25, 0.3) is 43.6 Å². The molecule has 2 aromatic heterocycles. The number of aliphatic hydroxyl groups is 2. The molecular weight excluding hydrogens is 456 g/mol. The number of aromatic nitrogens is 2. The van der Waals surface area contributed by atoms with Crippen LogP contribution >= 0.6 is 0 Å². The van der Waals surface area contributed by atoms with Crippen molar-refractivity contribution in [1.82, 2.24) is 19.8 Å². The Morgan fingerprint density at radius 1 is 1.08 bits per heavy atom. The first-order valence-corrected chi connectivity index (χ1v) is 12.5. The van der Waals surface area contributed by atoms with E-state index in [0.717, 1.165) is 43.6 Å². The number of carbonyl (C=O) groups is 1. The van der Waals surface area contributed by atoms with Crippen molar-refractivity contribution in [2.24, 2.45) is 5.92 Å². The van der Waals surface area contributed by atoms with Gasteiger partial charge in [-0.1, -0.05) is 36.4 Å². The fraction of sp³-hybridized carbons (Fsp3) is 0.321. The second-order valence-electron chi connectivity index (χ2n) is 10.4. The monoisotopic (exact) mass is 482 g/mol. The third kappa shape index (κ3) is 2.15. The fourth-order valence-corrected chi connectivity index (χ4v) is 7.44. The summed E-state index contributed by atoms with van der Waals surface area (Å²) in [6.45, 7) is 2.01. The molecule has 5 heterocycles. The highest BCUT2D eigenvalue weighted by atomic mass is 16.5. The second kappa shape index (κ2) is 6.66. The minimum atomic E-state index is -1.10. The molecular formula is C28H26N4O4. The van der Waals surface area contributed by atoms with Crippen molar-refractivity contribution in [2.45, 2.75) is 37.6 Å². The van der Waals surface area contributed by atoms with Crippen molar-refractivity contribution in [2.75, 3.05) is 13.7 Å². The number of carbonyl (C=O) groups excluding carboxylic acids is 1. The van der Waals surface area contributed by atoms with Crippen molar-refractivity contribution >= 4 is 49.5 Å². The number of benzene rings is 3. The van der Waals surface area contributed by atoms with E-state index in [1.165, 1.54) is 0 Å². The van der Waals surface area contributed by atoms with Gasteiger partial charge in [0.2, 0.25) is 0 Å². The summed E-state index contributed by atoms with van der Waals surface area (Å²) < 4.78 is 11.5. The van der Waals surface area contributed by atoms with Gasteiger partial charge in [0.15, 0.2) is 12.0 Å². The molecule has 5 aromatic rings. The Kier molecular flexibility index (Phi) is 3.83. The zero-order valence-corrected chi connectivity index (χ0v) is 19.9. The van der Waals surface area contributed by atoms with E-state index in [9.17, 15) is 15.0 Å². The van der Waals surface area contributed by atoms with Crippen molar-refractivity contribution in [3.63, 3.8) is 0 Å². The molecule has 2 bridgehead atoms. The lowest BCUT2D eigenvalue weighted by molar-refractivity contribution is -0.234. The molecule has 5 atom stereocenters. The van der Waals surface area contributed by atoms with Gasteiger partial charge < -0.3 is 34.7 Å². The molecule has 0 aliphatic carbocycles. The van der Waals surface area contributed by atoms with Gasteiger partial charge in [0.25, 0.3) is 5.91 Å². The molecule has 0 radical (unpaired) electrons. The lowest BCUT2D eigenvalue weighted by Crippen LogP contribution is -2.56. The molecule has 1 fully saturated rings. The first kappa shape index (κ1) is 20.7. The van der Waals surface area contributed by atoms with Gasteiger partial charge in [0.1, 0.15) is 6.23 Å². The Bertz CT molecular complexity index is 1790. The van der Waals surface area contributed by atoms with Crippen LogP contribution in [0.2, 0.25) is 0 Å². The van der Waals surface area contributed by atoms with Gasteiger partial charge in [-0.05, 0) is 26.1 Å². The van der Waals surface area contributed by atoms with Crippen LogP contribution in [0, 0.1) is 5.92 Å². The summed E-state index contributed by atoms with van der Waals surface area (Å²) in [5.41, 5.74) is 4.07. The number of fused-ring (bicyclic) bond motifs is 13. The van der Waals surface area contributed by atoms with Crippen molar-refractivity contribution in [3.05, 3.63) is 59.7 Å². The fourth-order valence-electron chi connectivity index (χ4n) is 7.44. The SMILES string of the molecule is CN[C@@H]1C[C@H]2O[C@@](C)(C1CO)n1c3ccccc3c3c4c(c5c6ccccc6n2c5c31)C(=O)N[C@@H]4O. The summed E-state index contributed by atoms with van der Waals surface area (Å²) in [4.78, 5) is 13.4. The first-order valence-electron chi connectivity index (χ1n) is 12.5. The van der Waals surface area contributed by atoms with E-state index >= 15 is 0 Å². The van der Waals surface area contributed by atoms with Crippen LogP contribution in [0.3, 0.4) is 0 Å². The van der Waals surface area contributed by atoms with Gasteiger partial charge >= 0.3 is 0 Å². The van der Waals surface area contributed by atoms with E-state index < -0.39 is 12.0 Å². The predicted octanol–water partition coefficient (Wildman–Crippen LogP) is 3.44. The Hall–Kier alpha value is -3.43. The average Bonchev–Trinajstić information content (AvgIpc) is 3.48. The topological polar surface area (TPSA) is 101 Å². The van der Waals surface area contributed by atoms with E-state index in [1.807, 2.05) is 43.4 Å². The molecule has 8 nitrogen and oxygen atoms in total. The Morgan fingerprint density at radius 2 is 1.78 bits per heavy atom. The third-order valence-electron chi connectivity index (χ3n) is 8.87. The van der Waals surface area contributed by atoms with Crippen LogP contribution in [0.4, 0.5) is 0 Å². The number of nitrogens with zero attached hydrogens (tertiary/aromatic N) is 2. The van der Waals surface area contributed by atoms with Crippen LogP contribution in [0.15, 0.2) is 48.5 Å². The standard InChI is InChI=1S/C28H26N4O4/c1-28-15(12-33)16(29-2)11-19(36-28)31-17-9-5-3-7-13(17)20-22-23(27(35)30-26(22)34)21-14-8-4-6-10-18(14)32(28)25(21)24(20)31/h3-10,15-16,19,27,29,33,35H,11-12H2,1-2H3,(H,30,34)/t15?,16-,19-,27-,28+/m1/s1. The summed E-state index contributed by atoms with van der Waals surface area (Å²) in [5, 5.41) is 31.6. The van der Waals surface area contributed by atoms with Gasteiger partial charge in [-0.2, -0.15) is 0 Å². The molecule has 1 amide bonds. The molecule has 0 spiro atoms. The minimum absolute atomic E-state index is 0.00113. The molecule has 182 valence electrons. The largest absolute Gasteiger partial charge is 0.396 e. The highest BCUT2D eigenvalue weighted by Crippen LogP contribution is 2.55. The number of aliphatic hydroxyl groups excluding tert-OH is 2. The van der Waals surface area contributed by atoms with Gasteiger partial charge in [0.05, 0.1) is 34.2 Å². The summed E-state index contributed by atoms with van der Waals surface area (Å²) >= 11 is 0. The van der Waals surface area contributed by atoms with Gasteiger partial charge in [0, 0.05) is 45.5 Å². The number of nitrogens with one attached hydrogen (secondary N) is 2. The lowest BCUT2D eigenvalue weighted by Gasteiger charge is -2.48. The molecule has 3 aliphatic heterocycles. The van der Waals surface area contributed by atoms with E-state index in [4.69, 9.17) is 4.74 Å². The van der Waals surface area contributed by atoms with Crippen LogP contribution in [0.5, 0.6) is 0 Å². The molecule has 4 N–H and O–H groups in total. The first-order chi connectivity index (χ1) is 17.5. The molecule has 0 saturated carbocycles. The third-order valence-corrected chi connectivity index (χ3v) is 8.87. The Morgan fingerprint density at radius 3 is 2.50 bits per heavy atom. The highest BCUT2D eigenvalue weighted by Gasteiger charge is 2.52. The van der Waals surface area contributed by atoms with Crippen LogP contribution in [-0.4, -0.2) is 45.0 Å². The quantitative estimate of drug-likeness (QED) is 0.309. The maximum absolute atomic E-state index is 13.4. The van der Waals surface area contributed by atoms with Gasteiger partial charge in [-0.15, -0.1) is 0 Å². The molecule has 36 heavy (non-hydrogen) atoms. The highest BCUT2D eigenvalue weighted by molar-refractivity contribution is 6.31. The van der Waals surface area contributed by atoms with E-state index in [1.54, 1.807) is 0 Å². The van der Waals surface area contributed by atoms with Crippen molar-refractivity contribution < 1.29 is 19.7 Å². The summed E-state index contributed by atoms with van der Waals surface area (Å²) in [5.74, 6) is -0.485. The van der Waals surface area contributed by atoms with E-state index in [0.29, 0.717) is 17.5 Å². The summed E-state index contributed by atoms with van der Waals surface area (Å²) in [6.07, 6.45) is -0.749. The van der Waals surface area contributed by atoms with Crippen LogP contribution < -0.4 is 10.6 Å².